The molecule has 3 rings (SSSR count). The van der Waals surface area contributed by atoms with E-state index < -0.39 is 7.92 Å². The van der Waals surface area contributed by atoms with Gasteiger partial charge in [0.15, 0.2) is 0 Å². The molecule has 3 aromatic carbocycles. The monoisotopic (exact) mass is 352 g/mol. The third-order valence-corrected chi connectivity index (χ3v) is 6.52. The number of nitrogen functional groups attached to an aromatic ring is 2. The van der Waals surface area contributed by atoms with Gasteiger partial charge in [-0.2, -0.15) is 0 Å². The van der Waals surface area contributed by atoms with Gasteiger partial charge in [-0.3, -0.25) is 0 Å². The molecule has 0 aromatic heterocycles. The van der Waals surface area contributed by atoms with Gasteiger partial charge in [0, 0.05) is 22.0 Å². The van der Waals surface area contributed by atoms with Crippen molar-refractivity contribution in [1.82, 2.24) is 0 Å². The van der Waals surface area contributed by atoms with Gasteiger partial charge in [0.05, 0.1) is 14.2 Å². The second-order valence-corrected chi connectivity index (χ2v) is 7.67. The molecule has 0 saturated carbocycles. The lowest BCUT2D eigenvalue weighted by Gasteiger charge is -2.23. The van der Waals surface area contributed by atoms with Gasteiger partial charge in [0.1, 0.15) is 11.5 Å². The summed E-state index contributed by atoms with van der Waals surface area (Å²) in [7, 11) is 2.36. The van der Waals surface area contributed by atoms with Gasteiger partial charge in [-0.1, -0.05) is 30.3 Å². The SMILES string of the molecule is COc1ccc(N)c(P(c2ccccc2)c2cc(OC)ccc2N)c1. The van der Waals surface area contributed by atoms with Crippen LogP contribution in [0.1, 0.15) is 0 Å². The van der Waals surface area contributed by atoms with Crippen molar-refractivity contribution in [3.05, 3.63) is 66.7 Å². The standard InChI is InChI=1S/C20H21N2O2P/c1-23-14-8-10-17(21)19(12-14)25(16-6-4-3-5-7-16)20-13-15(24-2)9-11-18(20)22/h3-13H,21-22H2,1-2H3. The van der Waals surface area contributed by atoms with Crippen LogP contribution in [-0.4, -0.2) is 14.2 Å². The molecule has 4 nitrogen and oxygen atoms in total. The first-order valence-electron chi connectivity index (χ1n) is 7.86. The molecule has 0 fully saturated rings. The molecule has 25 heavy (non-hydrogen) atoms. The van der Waals surface area contributed by atoms with Crippen molar-refractivity contribution in [3.8, 4) is 11.5 Å². The van der Waals surface area contributed by atoms with Crippen molar-refractivity contribution in [1.29, 1.82) is 0 Å². The van der Waals surface area contributed by atoms with E-state index in [1.807, 2.05) is 54.6 Å². The van der Waals surface area contributed by atoms with Crippen molar-refractivity contribution in [2.24, 2.45) is 0 Å². The van der Waals surface area contributed by atoms with E-state index in [4.69, 9.17) is 20.9 Å². The second-order valence-electron chi connectivity index (χ2n) is 5.52. The Morgan fingerprint density at radius 2 is 1.16 bits per heavy atom. The molecule has 0 spiro atoms. The van der Waals surface area contributed by atoms with Crippen LogP contribution >= 0.6 is 7.92 Å². The molecule has 0 saturated heterocycles. The lowest BCUT2D eigenvalue weighted by atomic mass is 10.3. The second kappa shape index (κ2) is 7.45. The molecule has 5 heteroatoms. The summed E-state index contributed by atoms with van der Waals surface area (Å²) < 4.78 is 10.8. The molecule has 0 atom stereocenters. The average Bonchev–Trinajstić information content (AvgIpc) is 2.66. The molecule has 0 aliphatic rings. The summed E-state index contributed by atoms with van der Waals surface area (Å²) >= 11 is 0. The zero-order valence-electron chi connectivity index (χ0n) is 14.3. The van der Waals surface area contributed by atoms with Gasteiger partial charge in [-0.25, -0.2) is 0 Å². The largest absolute Gasteiger partial charge is 0.497 e. The molecule has 3 aromatic rings. The fraction of sp³-hybridized carbons (Fsp3) is 0.100. The number of rotatable bonds is 5. The van der Waals surface area contributed by atoms with Crippen LogP contribution in [0.3, 0.4) is 0 Å². The molecule has 0 aliphatic carbocycles. The Bertz CT molecular complexity index is 815. The Balaban J connectivity index is 2.25. The van der Waals surface area contributed by atoms with E-state index >= 15 is 0 Å². The minimum Gasteiger partial charge on any atom is -0.497 e. The highest BCUT2D eigenvalue weighted by Crippen LogP contribution is 2.39. The van der Waals surface area contributed by atoms with Crippen LogP contribution in [0.15, 0.2) is 66.7 Å². The Morgan fingerprint density at radius 3 is 1.60 bits per heavy atom. The van der Waals surface area contributed by atoms with Gasteiger partial charge in [0.2, 0.25) is 0 Å². The number of hydrogen-bond donors (Lipinski definition) is 2. The Morgan fingerprint density at radius 1 is 0.680 bits per heavy atom. The van der Waals surface area contributed by atoms with Gasteiger partial charge in [0.25, 0.3) is 0 Å². The molecular weight excluding hydrogens is 331 g/mol. The van der Waals surface area contributed by atoms with Crippen LogP contribution in [0, 0.1) is 0 Å². The zero-order valence-corrected chi connectivity index (χ0v) is 15.2. The first-order valence-corrected chi connectivity index (χ1v) is 9.20. The number of anilines is 2. The van der Waals surface area contributed by atoms with Crippen LogP contribution in [0.5, 0.6) is 11.5 Å². The predicted octanol–water partition coefficient (Wildman–Crippen LogP) is 2.63. The number of ether oxygens (including phenoxy) is 2. The summed E-state index contributed by atoms with van der Waals surface area (Å²) in [6.45, 7) is 0. The summed E-state index contributed by atoms with van der Waals surface area (Å²) in [6, 6.07) is 21.7. The van der Waals surface area contributed by atoms with E-state index in [0.29, 0.717) is 0 Å². The van der Waals surface area contributed by atoms with Gasteiger partial charge >= 0.3 is 0 Å². The Hall–Kier alpha value is -2.71. The molecule has 0 heterocycles. The molecule has 128 valence electrons. The van der Waals surface area contributed by atoms with Crippen molar-refractivity contribution in [2.75, 3.05) is 25.7 Å². The molecule has 0 aliphatic heterocycles. The van der Waals surface area contributed by atoms with Crippen LogP contribution in [0.25, 0.3) is 0 Å². The highest BCUT2D eigenvalue weighted by molar-refractivity contribution is 7.80. The first kappa shape index (κ1) is 17.1. The molecule has 0 radical (unpaired) electrons. The third kappa shape index (κ3) is 3.54. The number of hydrogen-bond acceptors (Lipinski definition) is 4. The van der Waals surface area contributed by atoms with Crippen molar-refractivity contribution in [2.45, 2.75) is 0 Å². The number of benzene rings is 3. The quantitative estimate of drug-likeness (QED) is 0.547. The minimum atomic E-state index is -0.942. The van der Waals surface area contributed by atoms with Crippen molar-refractivity contribution >= 4 is 35.2 Å². The zero-order chi connectivity index (χ0) is 17.8. The number of methoxy groups -OCH3 is 2. The smallest absolute Gasteiger partial charge is 0.119 e. The highest BCUT2D eigenvalue weighted by Gasteiger charge is 2.22. The van der Waals surface area contributed by atoms with E-state index in [0.717, 1.165) is 38.8 Å². The van der Waals surface area contributed by atoms with E-state index in [1.54, 1.807) is 14.2 Å². The van der Waals surface area contributed by atoms with Crippen LogP contribution in [0.4, 0.5) is 11.4 Å². The summed E-state index contributed by atoms with van der Waals surface area (Å²) in [4.78, 5) is 0. The predicted molar refractivity (Wildman–Crippen MR) is 107 cm³/mol. The van der Waals surface area contributed by atoms with E-state index in [9.17, 15) is 0 Å². The molecule has 4 N–H and O–H groups in total. The molecule has 0 unspecified atom stereocenters. The minimum absolute atomic E-state index is 0.720. The molecule has 0 amide bonds. The van der Waals surface area contributed by atoms with Crippen molar-refractivity contribution < 1.29 is 9.47 Å². The van der Waals surface area contributed by atoms with Crippen LogP contribution < -0.4 is 36.9 Å². The summed E-state index contributed by atoms with van der Waals surface area (Å²) in [5, 5.41) is 3.19. The van der Waals surface area contributed by atoms with Gasteiger partial charge < -0.3 is 20.9 Å². The number of nitrogens with two attached hydrogens (primary N) is 2. The average molecular weight is 352 g/mol. The lowest BCUT2D eigenvalue weighted by molar-refractivity contribution is 0.415. The van der Waals surface area contributed by atoms with E-state index in [1.165, 1.54) is 0 Å². The summed E-state index contributed by atoms with van der Waals surface area (Å²) in [6.07, 6.45) is 0. The maximum absolute atomic E-state index is 6.33. The molecule has 0 bridgehead atoms. The summed E-state index contributed by atoms with van der Waals surface area (Å²) in [5.41, 5.74) is 14.1. The Labute approximate surface area is 149 Å². The maximum atomic E-state index is 6.33. The Kier molecular flexibility index (Phi) is 5.11. The fourth-order valence-electron chi connectivity index (χ4n) is 2.67. The normalized spacial score (nSPS) is 10.7. The van der Waals surface area contributed by atoms with E-state index in [-0.39, 0.29) is 0 Å². The first-order chi connectivity index (χ1) is 12.1. The lowest BCUT2D eigenvalue weighted by Crippen LogP contribution is -2.25. The van der Waals surface area contributed by atoms with Gasteiger partial charge in [-0.05, 0) is 49.6 Å². The van der Waals surface area contributed by atoms with Gasteiger partial charge in [-0.15, -0.1) is 0 Å². The van der Waals surface area contributed by atoms with E-state index in [2.05, 4.69) is 12.1 Å². The highest BCUT2D eigenvalue weighted by atomic mass is 31.1. The fourth-order valence-corrected chi connectivity index (χ4v) is 5.14. The summed E-state index contributed by atoms with van der Waals surface area (Å²) in [5.74, 6) is 1.54. The van der Waals surface area contributed by atoms with Crippen LogP contribution in [-0.2, 0) is 0 Å². The maximum Gasteiger partial charge on any atom is 0.119 e. The topological polar surface area (TPSA) is 70.5 Å². The molecular formula is C20H21N2O2P. The van der Waals surface area contributed by atoms with Crippen LogP contribution in [0.2, 0.25) is 0 Å². The van der Waals surface area contributed by atoms with Crippen molar-refractivity contribution in [3.63, 3.8) is 0 Å². The third-order valence-electron chi connectivity index (χ3n) is 3.97.